The summed E-state index contributed by atoms with van der Waals surface area (Å²) in [4.78, 5) is 15.3. The first-order valence-corrected chi connectivity index (χ1v) is 21.6. The predicted octanol–water partition coefficient (Wildman–Crippen LogP) is 15.8. The van der Waals surface area contributed by atoms with Crippen LogP contribution in [0.1, 0.15) is 0 Å². The lowest BCUT2D eigenvalue weighted by atomic mass is 9.90. The van der Waals surface area contributed by atoms with Crippen molar-refractivity contribution in [3.05, 3.63) is 212 Å². The minimum Gasteiger partial charge on any atom is -0.456 e. The van der Waals surface area contributed by atoms with Crippen molar-refractivity contribution in [2.75, 3.05) is 0 Å². The molecule has 4 nitrogen and oxygen atoms in total. The van der Waals surface area contributed by atoms with Crippen LogP contribution in [0.4, 0.5) is 0 Å². The zero-order valence-electron chi connectivity index (χ0n) is 33.4. The van der Waals surface area contributed by atoms with E-state index in [-0.39, 0.29) is 0 Å². The second-order valence-corrected chi connectivity index (χ2v) is 16.7. The number of nitrogens with zero attached hydrogens (tertiary/aromatic N) is 3. The molecule has 0 atom stereocenters. The van der Waals surface area contributed by atoms with Crippen LogP contribution in [0.3, 0.4) is 0 Å². The number of rotatable bonds is 7. The third-order valence-corrected chi connectivity index (χ3v) is 12.9. The lowest BCUT2D eigenvalue weighted by molar-refractivity contribution is 0.669. The molecule has 0 bridgehead atoms. The Hall–Kier alpha value is -7.99. The smallest absolute Gasteiger partial charge is 0.164 e. The summed E-state index contributed by atoms with van der Waals surface area (Å²) in [6, 6.07) is 74.7. The van der Waals surface area contributed by atoms with Gasteiger partial charge in [-0.05, 0) is 105 Å². The summed E-state index contributed by atoms with van der Waals surface area (Å²) in [5.74, 6) is 1.90. The maximum Gasteiger partial charge on any atom is 0.164 e. The molecule has 0 radical (unpaired) electrons. The normalized spacial score (nSPS) is 11.5. The van der Waals surface area contributed by atoms with Crippen LogP contribution >= 0.6 is 11.3 Å². The lowest BCUT2D eigenvalue weighted by Gasteiger charge is -2.13. The molecular formula is C57H35N3OS. The monoisotopic (exact) mass is 809 g/mol. The van der Waals surface area contributed by atoms with E-state index in [1.807, 2.05) is 42.5 Å². The van der Waals surface area contributed by atoms with Crippen molar-refractivity contribution in [2.45, 2.75) is 0 Å². The van der Waals surface area contributed by atoms with E-state index < -0.39 is 0 Å². The summed E-state index contributed by atoms with van der Waals surface area (Å²) >= 11 is 1.81. The fourth-order valence-electron chi connectivity index (χ4n) is 8.65. The first kappa shape index (κ1) is 35.9. The maximum atomic E-state index is 6.63. The Morgan fingerprint density at radius 2 is 0.758 bits per heavy atom. The van der Waals surface area contributed by atoms with Crippen molar-refractivity contribution in [3.8, 4) is 78.7 Å². The van der Waals surface area contributed by atoms with E-state index in [0.717, 1.165) is 72.0 Å². The van der Waals surface area contributed by atoms with Crippen LogP contribution in [0.2, 0.25) is 0 Å². The molecule has 0 aliphatic heterocycles. The minimum absolute atomic E-state index is 0.620. The summed E-state index contributed by atoms with van der Waals surface area (Å²) in [6.45, 7) is 0. The Morgan fingerprint density at radius 1 is 0.290 bits per heavy atom. The van der Waals surface area contributed by atoms with E-state index >= 15 is 0 Å². The molecule has 12 rings (SSSR count). The zero-order chi connectivity index (χ0) is 41.0. The fraction of sp³-hybridized carbons (Fsp3) is 0. The summed E-state index contributed by atoms with van der Waals surface area (Å²) in [5.41, 5.74) is 13.5. The molecule has 0 unspecified atom stereocenters. The molecule has 62 heavy (non-hydrogen) atoms. The van der Waals surface area contributed by atoms with Crippen LogP contribution in [-0.4, -0.2) is 15.0 Å². The standard InChI is InChI=1S/C57H35N3OS/c1-4-14-36(15-5-1)42-30-43(37-16-6-2-7-17-37)32-44(31-42)45-34-48(54-47-21-10-12-22-50(47)61-51(54)35-45)38-24-26-40(27-25-38)56-58-55(39-18-8-3-9-19-39)59-57(60-56)41-28-29-53-49(33-41)46-20-11-13-23-52(46)62-53/h1-35H. The van der Waals surface area contributed by atoms with Crippen molar-refractivity contribution < 1.29 is 4.42 Å². The Balaban J connectivity index is 1.00. The van der Waals surface area contributed by atoms with Gasteiger partial charge in [-0.1, -0.05) is 152 Å². The van der Waals surface area contributed by atoms with E-state index in [4.69, 9.17) is 19.4 Å². The van der Waals surface area contributed by atoms with Crippen molar-refractivity contribution >= 4 is 53.4 Å². The van der Waals surface area contributed by atoms with Crippen LogP contribution in [0.15, 0.2) is 217 Å². The summed E-state index contributed by atoms with van der Waals surface area (Å²) < 4.78 is 9.14. The molecule has 3 aromatic heterocycles. The van der Waals surface area contributed by atoms with Crippen molar-refractivity contribution in [1.29, 1.82) is 0 Å². The molecule has 9 aromatic carbocycles. The lowest BCUT2D eigenvalue weighted by Crippen LogP contribution is -2.00. The molecule has 0 N–H and O–H groups in total. The van der Waals surface area contributed by atoms with Crippen molar-refractivity contribution in [2.24, 2.45) is 0 Å². The average Bonchev–Trinajstić information content (AvgIpc) is 3.92. The Kier molecular flexibility index (Phi) is 8.65. The molecule has 12 aromatic rings. The van der Waals surface area contributed by atoms with Gasteiger partial charge in [0.1, 0.15) is 11.2 Å². The van der Waals surface area contributed by atoms with Crippen LogP contribution in [0.25, 0.3) is 121 Å². The summed E-state index contributed by atoms with van der Waals surface area (Å²) in [5, 5.41) is 4.62. The average molecular weight is 810 g/mol. The molecule has 0 saturated heterocycles. The molecule has 0 spiro atoms. The van der Waals surface area contributed by atoms with Crippen LogP contribution in [0, 0.1) is 0 Å². The second kappa shape index (κ2) is 14.9. The Bertz CT molecular complexity index is 3560. The topological polar surface area (TPSA) is 51.8 Å². The van der Waals surface area contributed by atoms with Gasteiger partial charge in [0.25, 0.3) is 0 Å². The number of para-hydroxylation sites is 1. The van der Waals surface area contributed by atoms with Gasteiger partial charge in [-0.25, -0.2) is 15.0 Å². The van der Waals surface area contributed by atoms with Gasteiger partial charge in [0.15, 0.2) is 17.5 Å². The molecule has 290 valence electrons. The van der Waals surface area contributed by atoms with E-state index in [9.17, 15) is 0 Å². The Morgan fingerprint density at radius 3 is 1.42 bits per heavy atom. The largest absolute Gasteiger partial charge is 0.456 e. The number of benzene rings is 9. The summed E-state index contributed by atoms with van der Waals surface area (Å²) in [6.07, 6.45) is 0. The molecule has 0 aliphatic carbocycles. The van der Waals surface area contributed by atoms with Gasteiger partial charge in [0.2, 0.25) is 0 Å². The highest BCUT2D eigenvalue weighted by Gasteiger charge is 2.18. The zero-order valence-corrected chi connectivity index (χ0v) is 34.2. The van der Waals surface area contributed by atoms with Crippen molar-refractivity contribution in [3.63, 3.8) is 0 Å². The minimum atomic E-state index is 0.620. The SMILES string of the molecule is c1ccc(-c2cc(-c3ccccc3)cc(-c3cc(-c4ccc(-c5nc(-c6ccccc6)nc(-c6ccc7sc8ccccc8c7c6)n5)cc4)c4c(c3)oc3ccccc34)c2)cc1. The van der Waals surface area contributed by atoms with Gasteiger partial charge in [-0.15, -0.1) is 11.3 Å². The van der Waals surface area contributed by atoms with Gasteiger partial charge >= 0.3 is 0 Å². The van der Waals surface area contributed by atoms with E-state index in [1.54, 1.807) is 11.3 Å². The quantitative estimate of drug-likeness (QED) is 0.161. The number of hydrogen-bond acceptors (Lipinski definition) is 5. The highest BCUT2D eigenvalue weighted by Crippen LogP contribution is 2.42. The highest BCUT2D eigenvalue weighted by atomic mass is 32.1. The number of aromatic nitrogens is 3. The molecule has 3 heterocycles. The molecule has 0 fully saturated rings. The van der Waals surface area contributed by atoms with Crippen LogP contribution in [0.5, 0.6) is 0 Å². The number of furan rings is 1. The molecule has 0 amide bonds. The highest BCUT2D eigenvalue weighted by molar-refractivity contribution is 7.25. The van der Waals surface area contributed by atoms with E-state index in [0.29, 0.717) is 17.5 Å². The molecule has 0 saturated carbocycles. The van der Waals surface area contributed by atoms with Gasteiger partial charge < -0.3 is 4.42 Å². The fourth-order valence-corrected chi connectivity index (χ4v) is 9.74. The number of fused-ring (bicyclic) bond motifs is 6. The molecule has 5 heteroatoms. The van der Waals surface area contributed by atoms with E-state index in [2.05, 4.69) is 170 Å². The van der Waals surface area contributed by atoms with Crippen LogP contribution in [-0.2, 0) is 0 Å². The van der Waals surface area contributed by atoms with Crippen LogP contribution < -0.4 is 0 Å². The van der Waals surface area contributed by atoms with Gasteiger partial charge in [0, 0.05) is 47.6 Å². The Labute approximate surface area is 362 Å². The first-order valence-electron chi connectivity index (χ1n) is 20.7. The number of thiophene rings is 1. The van der Waals surface area contributed by atoms with Gasteiger partial charge in [0.05, 0.1) is 0 Å². The van der Waals surface area contributed by atoms with Gasteiger partial charge in [-0.2, -0.15) is 0 Å². The molecular weight excluding hydrogens is 775 g/mol. The third kappa shape index (κ3) is 6.44. The van der Waals surface area contributed by atoms with E-state index in [1.165, 1.54) is 31.3 Å². The summed E-state index contributed by atoms with van der Waals surface area (Å²) in [7, 11) is 0. The third-order valence-electron chi connectivity index (χ3n) is 11.7. The first-order chi connectivity index (χ1) is 30.7. The predicted molar refractivity (Wildman–Crippen MR) is 258 cm³/mol. The second-order valence-electron chi connectivity index (χ2n) is 15.6. The maximum absolute atomic E-state index is 6.63. The van der Waals surface area contributed by atoms with Gasteiger partial charge in [-0.3, -0.25) is 0 Å². The number of hydrogen-bond donors (Lipinski definition) is 0. The van der Waals surface area contributed by atoms with Crippen molar-refractivity contribution in [1.82, 2.24) is 15.0 Å². The molecule has 0 aliphatic rings.